The van der Waals surface area contributed by atoms with Crippen LogP contribution in [0, 0.1) is 6.92 Å². The highest BCUT2D eigenvalue weighted by atomic mass is 16.5. The van der Waals surface area contributed by atoms with Gasteiger partial charge < -0.3 is 19.7 Å². The lowest BCUT2D eigenvalue weighted by molar-refractivity contribution is -0.141. The zero-order valence-electron chi connectivity index (χ0n) is 22.3. The standard InChI is InChI=1S/C31H38N2O4/c1-23(2)32-31(35)29(21-25-10-6-5-7-11-25)33(22-26-12-8-13-28(20-26)36-4)30(34)14-9-19-37-27-17-15-24(3)16-18-27/h5-8,10-13,15-18,20,23,29H,9,14,19,21-22H2,1-4H3,(H,32,35)/t29-/m0/s1. The minimum atomic E-state index is -0.651. The Labute approximate surface area is 220 Å². The molecule has 1 atom stereocenters. The second-order valence-corrected chi connectivity index (χ2v) is 9.51. The maximum absolute atomic E-state index is 13.6. The van der Waals surface area contributed by atoms with Crippen molar-refractivity contribution in [1.29, 1.82) is 0 Å². The molecule has 0 aliphatic rings. The maximum Gasteiger partial charge on any atom is 0.243 e. The molecular weight excluding hydrogens is 464 g/mol. The minimum absolute atomic E-state index is 0.0394. The molecule has 196 valence electrons. The van der Waals surface area contributed by atoms with Crippen molar-refractivity contribution in [2.75, 3.05) is 13.7 Å². The molecule has 0 saturated heterocycles. The molecule has 0 fully saturated rings. The summed E-state index contributed by atoms with van der Waals surface area (Å²) < 4.78 is 11.2. The average molecular weight is 503 g/mol. The van der Waals surface area contributed by atoms with E-state index in [9.17, 15) is 9.59 Å². The van der Waals surface area contributed by atoms with Gasteiger partial charge in [0.25, 0.3) is 0 Å². The Balaban J connectivity index is 1.80. The number of carbonyl (C=O) groups excluding carboxylic acids is 2. The zero-order valence-corrected chi connectivity index (χ0v) is 22.3. The molecule has 2 amide bonds. The number of aryl methyl sites for hydroxylation is 1. The largest absolute Gasteiger partial charge is 0.497 e. The highest BCUT2D eigenvalue weighted by Gasteiger charge is 2.30. The number of ether oxygens (including phenoxy) is 2. The normalized spacial score (nSPS) is 11.6. The lowest BCUT2D eigenvalue weighted by Gasteiger charge is -2.32. The van der Waals surface area contributed by atoms with E-state index in [1.807, 2.05) is 99.6 Å². The summed E-state index contributed by atoms with van der Waals surface area (Å²) in [5, 5.41) is 3.02. The van der Waals surface area contributed by atoms with Crippen molar-refractivity contribution < 1.29 is 19.1 Å². The van der Waals surface area contributed by atoms with E-state index in [4.69, 9.17) is 9.47 Å². The van der Waals surface area contributed by atoms with Crippen LogP contribution in [0.5, 0.6) is 11.5 Å². The summed E-state index contributed by atoms with van der Waals surface area (Å²) in [5.41, 5.74) is 3.07. The van der Waals surface area contributed by atoms with Crippen molar-refractivity contribution >= 4 is 11.8 Å². The van der Waals surface area contributed by atoms with E-state index >= 15 is 0 Å². The molecule has 6 heteroatoms. The number of hydrogen-bond donors (Lipinski definition) is 1. The lowest BCUT2D eigenvalue weighted by Crippen LogP contribution is -2.51. The van der Waals surface area contributed by atoms with E-state index in [2.05, 4.69) is 5.32 Å². The number of nitrogens with zero attached hydrogens (tertiary/aromatic N) is 1. The fourth-order valence-electron chi connectivity index (χ4n) is 4.09. The molecule has 0 radical (unpaired) electrons. The van der Waals surface area contributed by atoms with Gasteiger partial charge in [-0.1, -0.05) is 60.2 Å². The second kappa shape index (κ2) is 14.1. The van der Waals surface area contributed by atoms with Crippen molar-refractivity contribution in [1.82, 2.24) is 10.2 Å². The molecule has 3 aromatic rings. The number of amides is 2. The van der Waals surface area contributed by atoms with Crippen LogP contribution in [0.1, 0.15) is 43.4 Å². The van der Waals surface area contributed by atoms with E-state index in [-0.39, 0.29) is 24.3 Å². The van der Waals surface area contributed by atoms with E-state index in [0.29, 0.717) is 31.7 Å². The van der Waals surface area contributed by atoms with Crippen LogP contribution < -0.4 is 14.8 Å². The van der Waals surface area contributed by atoms with Crippen molar-refractivity contribution in [3.63, 3.8) is 0 Å². The Morgan fingerprint density at radius 2 is 1.59 bits per heavy atom. The number of carbonyl (C=O) groups is 2. The first-order valence-electron chi connectivity index (χ1n) is 12.8. The Kier molecular flexibility index (Phi) is 10.6. The average Bonchev–Trinajstić information content (AvgIpc) is 2.89. The molecule has 3 aromatic carbocycles. The molecule has 0 aliphatic heterocycles. The van der Waals surface area contributed by atoms with E-state index in [1.165, 1.54) is 5.56 Å². The lowest BCUT2D eigenvalue weighted by atomic mass is 10.0. The van der Waals surface area contributed by atoms with Crippen LogP contribution in [-0.2, 0) is 22.6 Å². The predicted octanol–water partition coefficient (Wildman–Crippen LogP) is 5.33. The molecule has 0 heterocycles. The quantitative estimate of drug-likeness (QED) is 0.321. The number of methoxy groups -OCH3 is 1. The third-order valence-corrected chi connectivity index (χ3v) is 6.01. The van der Waals surface area contributed by atoms with Gasteiger partial charge in [0.2, 0.25) is 11.8 Å². The molecule has 37 heavy (non-hydrogen) atoms. The third kappa shape index (κ3) is 8.98. The zero-order chi connectivity index (χ0) is 26.6. The smallest absolute Gasteiger partial charge is 0.243 e. The van der Waals surface area contributed by atoms with Crippen molar-refractivity contribution in [3.05, 3.63) is 95.6 Å². The molecule has 6 nitrogen and oxygen atoms in total. The van der Waals surface area contributed by atoms with Crippen LogP contribution in [0.2, 0.25) is 0 Å². The first kappa shape index (κ1) is 27.8. The molecule has 0 spiro atoms. The molecule has 0 saturated carbocycles. The maximum atomic E-state index is 13.6. The van der Waals surface area contributed by atoms with Gasteiger partial charge in [0, 0.05) is 25.4 Å². The minimum Gasteiger partial charge on any atom is -0.497 e. The van der Waals surface area contributed by atoms with Crippen LogP contribution in [0.3, 0.4) is 0 Å². The molecule has 0 bridgehead atoms. The third-order valence-electron chi connectivity index (χ3n) is 6.01. The van der Waals surface area contributed by atoms with E-state index < -0.39 is 6.04 Å². The van der Waals surface area contributed by atoms with Crippen LogP contribution in [-0.4, -0.2) is 42.5 Å². The van der Waals surface area contributed by atoms with E-state index in [0.717, 1.165) is 16.9 Å². The molecule has 0 aliphatic carbocycles. The van der Waals surface area contributed by atoms with E-state index in [1.54, 1.807) is 12.0 Å². The van der Waals surface area contributed by atoms with Crippen molar-refractivity contribution in [3.8, 4) is 11.5 Å². The molecule has 0 aromatic heterocycles. The van der Waals surface area contributed by atoms with Crippen LogP contribution in [0.4, 0.5) is 0 Å². The summed E-state index contributed by atoms with van der Waals surface area (Å²) in [5.74, 6) is 1.24. The number of rotatable bonds is 13. The van der Waals surface area contributed by atoms with Gasteiger partial charge in [0.15, 0.2) is 0 Å². The summed E-state index contributed by atoms with van der Waals surface area (Å²) in [6.07, 6.45) is 1.25. The summed E-state index contributed by atoms with van der Waals surface area (Å²) in [4.78, 5) is 28.7. The topological polar surface area (TPSA) is 67.9 Å². The van der Waals surface area contributed by atoms with Crippen LogP contribution >= 0.6 is 0 Å². The molecule has 0 unspecified atom stereocenters. The second-order valence-electron chi connectivity index (χ2n) is 9.51. The van der Waals surface area contributed by atoms with Gasteiger partial charge >= 0.3 is 0 Å². The molecule has 3 rings (SSSR count). The highest BCUT2D eigenvalue weighted by Crippen LogP contribution is 2.20. The summed E-state index contributed by atoms with van der Waals surface area (Å²) in [6, 6.07) is 24.6. The number of hydrogen-bond acceptors (Lipinski definition) is 4. The van der Waals surface area contributed by atoms with Crippen LogP contribution in [0.15, 0.2) is 78.9 Å². The first-order valence-corrected chi connectivity index (χ1v) is 12.8. The van der Waals surface area contributed by atoms with Gasteiger partial charge in [0.05, 0.1) is 13.7 Å². The van der Waals surface area contributed by atoms with Gasteiger partial charge in [-0.05, 0) is 62.6 Å². The van der Waals surface area contributed by atoms with Gasteiger partial charge in [-0.3, -0.25) is 9.59 Å². The Bertz CT molecular complexity index is 1130. The Morgan fingerprint density at radius 1 is 0.892 bits per heavy atom. The number of nitrogens with one attached hydrogen (secondary N) is 1. The van der Waals surface area contributed by atoms with Crippen molar-refractivity contribution in [2.45, 2.75) is 58.7 Å². The summed E-state index contributed by atoms with van der Waals surface area (Å²) in [7, 11) is 1.62. The Morgan fingerprint density at radius 3 is 2.27 bits per heavy atom. The van der Waals surface area contributed by atoms with Gasteiger partial charge in [-0.2, -0.15) is 0 Å². The first-order chi connectivity index (χ1) is 17.9. The number of benzene rings is 3. The van der Waals surface area contributed by atoms with Gasteiger partial charge in [0.1, 0.15) is 17.5 Å². The summed E-state index contributed by atoms with van der Waals surface area (Å²) >= 11 is 0. The van der Waals surface area contributed by atoms with Gasteiger partial charge in [-0.25, -0.2) is 0 Å². The molecule has 1 N–H and O–H groups in total. The Hall–Kier alpha value is -3.80. The predicted molar refractivity (Wildman–Crippen MR) is 147 cm³/mol. The fraction of sp³-hybridized carbons (Fsp3) is 0.355. The van der Waals surface area contributed by atoms with Crippen LogP contribution in [0.25, 0.3) is 0 Å². The molecular formula is C31H38N2O4. The van der Waals surface area contributed by atoms with Crippen molar-refractivity contribution in [2.24, 2.45) is 0 Å². The highest BCUT2D eigenvalue weighted by molar-refractivity contribution is 5.88. The summed E-state index contributed by atoms with van der Waals surface area (Å²) in [6.45, 7) is 6.60. The fourth-order valence-corrected chi connectivity index (χ4v) is 4.09. The van der Waals surface area contributed by atoms with Gasteiger partial charge in [-0.15, -0.1) is 0 Å². The SMILES string of the molecule is COc1cccc(CN(C(=O)CCCOc2ccc(C)cc2)[C@@H](Cc2ccccc2)C(=O)NC(C)C)c1. The monoisotopic (exact) mass is 502 g/mol.